The number of carbonyl (C=O) groups excluding carboxylic acids is 3. The molecule has 0 bridgehead atoms. The third-order valence-corrected chi connectivity index (χ3v) is 6.26. The van der Waals surface area contributed by atoms with Crippen LogP contribution in [0.4, 0.5) is 23.7 Å². The number of nitriles is 1. The average molecular weight is 499 g/mol. The molecule has 186 valence electrons. The zero-order valence-corrected chi connectivity index (χ0v) is 19.3. The molecule has 1 saturated heterocycles. The predicted octanol–water partition coefficient (Wildman–Crippen LogP) is 3.60. The van der Waals surface area contributed by atoms with Gasteiger partial charge in [0.15, 0.2) is 5.79 Å². The summed E-state index contributed by atoms with van der Waals surface area (Å²) in [7, 11) is 1.13. The number of hydrazine groups is 1. The predicted molar refractivity (Wildman–Crippen MR) is 120 cm³/mol. The Morgan fingerprint density at radius 1 is 1.25 bits per heavy atom. The minimum absolute atomic E-state index is 0.0501. The summed E-state index contributed by atoms with van der Waals surface area (Å²) in [4.78, 5) is 40.7. The van der Waals surface area contributed by atoms with E-state index in [-0.39, 0.29) is 33.6 Å². The van der Waals surface area contributed by atoms with Crippen LogP contribution in [0.15, 0.2) is 53.7 Å². The van der Waals surface area contributed by atoms with Crippen LogP contribution in [0.2, 0.25) is 0 Å². The molecule has 2 atom stereocenters. The first-order valence-corrected chi connectivity index (χ1v) is 10.6. The summed E-state index contributed by atoms with van der Waals surface area (Å²) < 4.78 is 45.5. The van der Waals surface area contributed by atoms with E-state index in [1.807, 2.05) is 6.07 Å². The molecule has 0 aromatic heterocycles. The monoisotopic (exact) mass is 499 g/mol. The van der Waals surface area contributed by atoms with Gasteiger partial charge in [-0.15, -0.1) is 0 Å². The highest BCUT2D eigenvalue weighted by molar-refractivity contribution is 5.95. The molecule has 1 fully saturated rings. The van der Waals surface area contributed by atoms with Crippen molar-refractivity contribution in [1.29, 1.82) is 5.26 Å². The topological polar surface area (TPSA) is 115 Å². The van der Waals surface area contributed by atoms with Gasteiger partial charge in [-0.1, -0.05) is 12.1 Å². The number of ether oxygens (including phenoxy) is 1. The van der Waals surface area contributed by atoms with E-state index in [1.165, 1.54) is 47.1 Å². The van der Waals surface area contributed by atoms with E-state index in [2.05, 4.69) is 10.9 Å². The van der Waals surface area contributed by atoms with Crippen molar-refractivity contribution >= 4 is 24.0 Å². The maximum Gasteiger partial charge on any atom is 0.416 e. The molecule has 4 rings (SSSR count). The van der Waals surface area contributed by atoms with E-state index in [0.29, 0.717) is 6.29 Å². The van der Waals surface area contributed by atoms with E-state index in [0.717, 1.165) is 19.2 Å². The molecule has 0 radical (unpaired) electrons. The van der Waals surface area contributed by atoms with Gasteiger partial charge in [0.25, 0.3) is 0 Å². The fraction of sp³-hybridized carbons (Fsp3) is 0.250. The Kier molecular flexibility index (Phi) is 5.97. The number of allylic oxidation sites excluding steroid dienone is 1. The summed E-state index contributed by atoms with van der Waals surface area (Å²) in [5, 5.41) is 9.23. The Morgan fingerprint density at radius 2 is 1.97 bits per heavy atom. The molecule has 9 nitrogen and oxygen atoms in total. The van der Waals surface area contributed by atoms with Crippen molar-refractivity contribution in [3.05, 3.63) is 76.0 Å². The van der Waals surface area contributed by atoms with Gasteiger partial charge >= 0.3 is 18.2 Å². The van der Waals surface area contributed by atoms with E-state index in [9.17, 15) is 32.8 Å². The second-order valence-corrected chi connectivity index (χ2v) is 8.30. The maximum absolute atomic E-state index is 13.5. The van der Waals surface area contributed by atoms with E-state index < -0.39 is 35.6 Å². The number of carbonyl (C=O) groups is 3. The number of esters is 1. The maximum atomic E-state index is 13.5. The minimum atomic E-state index is -4.63. The first kappa shape index (κ1) is 24.7. The molecule has 2 aliphatic heterocycles. The fourth-order valence-corrected chi connectivity index (χ4v) is 4.72. The van der Waals surface area contributed by atoms with Gasteiger partial charge in [-0.25, -0.2) is 9.59 Å². The Hall–Kier alpha value is -4.37. The number of hydrogen-bond donors (Lipinski definition) is 2. The van der Waals surface area contributed by atoms with Crippen LogP contribution >= 0.6 is 0 Å². The smallest absolute Gasteiger partial charge is 0.416 e. The van der Waals surface area contributed by atoms with Crippen molar-refractivity contribution in [3.8, 4) is 6.07 Å². The summed E-state index contributed by atoms with van der Waals surface area (Å²) >= 11 is 0. The van der Waals surface area contributed by atoms with Gasteiger partial charge in [0.2, 0.25) is 0 Å². The van der Waals surface area contributed by atoms with Crippen LogP contribution in [0.5, 0.6) is 0 Å². The number of alkyl halides is 3. The number of urea groups is 1. The minimum Gasteiger partial charge on any atom is -0.466 e. The van der Waals surface area contributed by atoms with Gasteiger partial charge < -0.3 is 9.64 Å². The van der Waals surface area contributed by atoms with Gasteiger partial charge in [0.05, 0.1) is 35.9 Å². The van der Waals surface area contributed by atoms with E-state index >= 15 is 0 Å². The quantitative estimate of drug-likeness (QED) is 0.488. The average Bonchev–Trinajstić information content (AvgIpc) is 3.16. The lowest BCUT2D eigenvalue weighted by molar-refractivity contribution is -0.138. The lowest BCUT2D eigenvalue weighted by Gasteiger charge is -2.52. The van der Waals surface area contributed by atoms with Crippen molar-refractivity contribution in [2.24, 2.45) is 0 Å². The first-order valence-electron chi connectivity index (χ1n) is 10.6. The van der Waals surface area contributed by atoms with Crippen LogP contribution < -0.4 is 15.8 Å². The molecule has 2 heterocycles. The highest BCUT2D eigenvalue weighted by atomic mass is 19.4. The van der Waals surface area contributed by atoms with E-state index in [1.54, 1.807) is 6.92 Å². The molecular weight excluding hydrogens is 479 g/mol. The highest BCUT2D eigenvalue weighted by Crippen LogP contribution is 2.47. The van der Waals surface area contributed by atoms with Crippen LogP contribution in [0, 0.1) is 11.3 Å². The molecule has 12 heteroatoms. The van der Waals surface area contributed by atoms with Crippen LogP contribution in [-0.2, 0) is 15.7 Å². The number of fused-ring (bicyclic) bond motifs is 1. The molecule has 2 aromatic rings. The van der Waals surface area contributed by atoms with Crippen LogP contribution in [0.1, 0.15) is 46.9 Å². The van der Waals surface area contributed by atoms with Gasteiger partial charge in [-0.05, 0) is 49.7 Å². The third-order valence-electron chi connectivity index (χ3n) is 6.26. The number of anilines is 1. The number of benzene rings is 2. The number of amides is 2. The Balaban J connectivity index is 2.04. The second-order valence-electron chi connectivity index (χ2n) is 8.30. The molecule has 2 amide bonds. The van der Waals surface area contributed by atoms with Crippen molar-refractivity contribution in [2.75, 3.05) is 12.0 Å². The number of hydrogen-bond acceptors (Lipinski definition) is 7. The summed E-state index contributed by atoms with van der Waals surface area (Å²) in [6.07, 6.45) is -4.13. The Morgan fingerprint density at radius 3 is 2.58 bits per heavy atom. The number of nitrogens with zero attached hydrogens (tertiary/aromatic N) is 3. The number of halogens is 3. The van der Waals surface area contributed by atoms with Gasteiger partial charge in [-0.2, -0.15) is 23.9 Å². The first-order chi connectivity index (χ1) is 17.0. The second kappa shape index (κ2) is 8.69. The normalized spacial score (nSPS) is 21.6. The highest BCUT2D eigenvalue weighted by Gasteiger charge is 2.57. The molecule has 0 spiro atoms. The van der Waals surface area contributed by atoms with Gasteiger partial charge in [0, 0.05) is 16.9 Å². The summed E-state index contributed by atoms with van der Waals surface area (Å²) in [6, 6.07) is 8.72. The van der Waals surface area contributed by atoms with Crippen molar-refractivity contribution in [2.45, 2.75) is 31.9 Å². The molecule has 2 unspecified atom stereocenters. The van der Waals surface area contributed by atoms with Gasteiger partial charge in [0.1, 0.15) is 6.29 Å². The Bertz CT molecular complexity index is 1350. The lowest BCUT2D eigenvalue weighted by atomic mass is 9.87. The lowest BCUT2D eigenvalue weighted by Crippen LogP contribution is -2.66. The number of aldehydes is 1. The zero-order valence-electron chi connectivity index (χ0n) is 19.3. The van der Waals surface area contributed by atoms with E-state index in [4.69, 9.17) is 4.74 Å². The molecule has 36 heavy (non-hydrogen) atoms. The van der Waals surface area contributed by atoms with Crippen molar-refractivity contribution in [1.82, 2.24) is 15.8 Å². The number of methoxy groups -OCH3 is 1. The third kappa shape index (κ3) is 3.74. The molecule has 0 aliphatic carbocycles. The molecule has 0 saturated carbocycles. The molecule has 2 aromatic carbocycles. The van der Waals surface area contributed by atoms with Gasteiger partial charge in [-0.3, -0.25) is 15.1 Å². The molecule has 2 aliphatic rings. The number of rotatable bonds is 4. The fourth-order valence-electron chi connectivity index (χ4n) is 4.72. The number of nitrogens with one attached hydrogen (secondary N) is 2. The zero-order chi connectivity index (χ0) is 26.4. The summed E-state index contributed by atoms with van der Waals surface area (Å²) in [5.74, 6) is -2.36. The summed E-state index contributed by atoms with van der Waals surface area (Å²) in [5.41, 5.74) is 4.99. The standard InChI is InChI=1S/C24H20F3N5O4/c1-13-19(21(34)36-3)20(18-8-7-14(11-28)9-15(18)12-33)32-22(35)29-30-23(32,2)31(13)17-6-4-5-16(10-17)24(25,26)27/h4-10,12,20,30H,1-3H3,(H,29,35). The summed E-state index contributed by atoms with van der Waals surface area (Å²) in [6.45, 7) is 3.05. The van der Waals surface area contributed by atoms with Crippen LogP contribution in [-0.4, -0.2) is 36.1 Å². The van der Waals surface area contributed by atoms with Crippen molar-refractivity contribution in [3.63, 3.8) is 0 Å². The molecular formula is C24H20F3N5O4. The SMILES string of the molecule is COC(=O)C1=C(C)N(c2cccc(C(F)(F)F)c2)C2(C)NNC(=O)N2C1c1ccc(C#N)cc1C=O. The molecule has 2 N–H and O–H groups in total. The van der Waals surface area contributed by atoms with Crippen LogP contribution in [0.25, 0.3) is 0 Å². The largest absolute Gasteiger partial charge is 0.466 e. The van der Waals surface area contributed by atoms with Crippen molar-refractivity contribution < 1.29 is 32.3 Å². The van der Waals surface area contributed by atoms with Crippen LogP contribution in [0.3, 0.4) is 0 Å². The Labute approximate surface area is 203 Å².